The molecule has 1 unspecified atom stereocenters. The molecule has 0 bridgehead atoms. The number of alkyl halides is 3. The van der Waals surface area contributed by atoms with E-state index >= 15 is 0 Å². The number of hydrogen-bond acceptors (Lipinski definition) is 3. The van der Waals surface area contributed by atoms with Crippen molar-refractivity contribution in [2.45, 2.75) is 36.9 Å². The van der Waals surface area contributed by atoms with Gasteiger partial charge in [0.25, 0.3) is 0 Å². The Morgan fingerprint density at radius 2 is 1.87 bits per heavy atom. The molecule has 1 aromatic heterocycles. The van der Waals surface area contributed by atoms with Gasteiger partial charge in [0.15, 0.2) is 0 Å². The van der Waals surface area contributed by atoms with Crippen LogP contribution in [0.15, 0.2) is 48.5 Å². The van der Waals surface area contributed by atoms with E-state index in [0.29, 0.717) is 19.3 Å². The summed E-state index contributed by atoms with van der Waals surface area (Å²) in [5.74, 6) is -0.294. The number of aromatic nitrogens is 2. The Labute approximate surface area is 175 Å². The van der Waals surface area contributed by atoms with Gasteiger partial charge in [-0.05, 0) is 49.6 Å². The van der Waals surface area contributed by atoms with E-state index in [-0.39, 0.29) is 23.4 Å². The standard InChI is InChI=1S/C22H19F3N4O2/c23-22(24,25)12-4-3-5-13(10-12)26-20(31)21(8-9-21)29-19(30)15-11-14(15)18-27-16-6-1-2-7-17(16)28-18/h1-7,10,14-15H,8-9,11H2,(H,26,31)(H,27,28)(H,29,30)/t14-,15?/m0/s1. The third kappa shape index (κ3) is 3.75. The lowest BCUT2D eigenvalue weighted by Crippen LogP contribution is -2.46. The van der Waals surface area contributed by atoms with Crippen LogP contribution in [-0.4, -0.2) is 27.3 Å². The zero-order valence-corrected chi connectivity index (χ0v) is 16.3. The van der Waals surface area contributed by atoms with Crippen molar-refractivity contribution in [3.05, 3.63) is 59.9 Å². The van der Waals surface area contributed by atoms with Gasteiger partial charge in [-0.3, -0.25) is 9.59 Å². The summed E-state index contributed by atoms with van der Waals surface area (Å²) in [5, 5.41) is 5.32. The van der Waals surface area contributed by atoms with Crippen LogP contribution in [-0.2, 0) is 15.8 Å². The van der Waals surface area contributed by atoms with E-state index in [1.54, 1.807) is 0 Å². The topological polar surface area (TPSA) is 86.9 Å². The number of para-hydroxylation sites is 2. The summed E-state index contributed by atoms with van der Waals surface area (Å²) < 4.78 is 38.7. The number of nitrogens with zero attached hydrogens (tertiary/aromatic N) is 1. The molecule has 0 radical (unpaired) electrons. The third-order valence-corrected chi connectivity index (χ3v) is 5.88. The maximum absolute atomic E-state index is 12.9. The van der Waals surface area contributed by atoms with E-state index in [0.717, 1.165) is 29.0 Å². The first-order valence-corrected chi connectivity index (χ1v) is 10.0. The van der Waals surface area contributed by atoms with Crippen LogP contribution in [0.5, 0.6) is 0 Å². The van der Waals surface area contributed by atoms with Gasteiger partial charge in [0.2, 0.25) is 11.8 Å². The fourth-order valence-corrected chi connectivity index (χ4v) is 3.82. The van der Waals surface area contributed by atoms with E-state index in [4.69, 9.17) is 0 Å². The second-order valence-electron chi connectivity index (χ2n) is 8.19. The molecule has 6 nitrogen and oxygen atoms in total. The average Bonchev–Trinajstić information content (AvgIpc) is 3.64. The van der Waals surface area contributed by atoms with Crippen molar-refractivity contribution in [3.8, 4) is 0 Å². The zero-order chi connectivity index (χ0) is 21.8. The van der Waals surface area contributed by atoms with E-state index in [9.17, 15) is 22.8 Å². The number of aromatic amines is 1. The van der Waals surface area contributed by atoms with Gasteiger partial charge in [0.05, 0.1) is 16.6 Å². The molecule has 2 fully saturated rings. The minimum Gasteiger partial charge on any atom is -0.342 e. The summed E-state index contributed by atoms with van der Waals surface area (Å²) in [4.78, 5) is 33.2. The molecule has 2 saturated carbocycles. The Bertz CT molecular complexity index is 1150. The molecule has 0 spiro atoms. The molecular weight excluding hydrogens is 409 g/mol. The number of anilines is 1. The predicted octanol–water partition coefficient (Wildman–Crippen LogP) is 3.97. The highest BCUT2D eigenvalue weighted by molar-refractivity contribution is 6.03. The molecule has 0 aliphatic heterocycles. The van der Waals surface area contributed by atoms with E-state index < -0.39 is 23.2 Å². The fourth-order valence-electron chi connectivity index (χ4n) is 3.82. The largest absolute Gasteiger partial charge is 0.416 e. The summed E-state index contributed by atoms with van der Waals surface area (Å²) in [5.41, 5.74) is -0.116. The van der Waals surface area contributed by atoms with E-state index in [1.165, 1.54) is 12.1 Å². The predicted molar refractivity (Wildman–Crippen MR) is 107 cm³/mol. The smallest absolute Gasteiger partial charge is 0.342 e. The second-order valence-corrected chi connectivity index (χ2v) is 8.19. The first-order chi connectivity index (χ1) is 14.7. The van der Waals surface area contributed by atoms with Crippen molar-refractivity contribution in [3.63, 3.8) is 0 Å². The minimum atomic E-state index is -4.50. The van der Waals surface area contributed by atoms with E-state index in [1.807, 2.05) is 24.3 Å². The maximum Gasteiger partial charge on any atom is 0.416 e. The van der Waals surface area contributed by atoms with Gasteiger partial charge in [-0.1, -0.05) is 18.2 Å². The van der Waals surface area contributed by atoms with Crippen LogP contribution in [0, 0.1) is 5.92 Å². The highest BCUT2D eigenvalue weighted by atomic mass is 19.4. The lowest BCUT2D eigenvalue weighted by molar-refractivity contribution is -0.137. The molecule has 2 aliphatic carbocycles. The number of fused-ring (bicyclic) bond motifs is 1. The fraction of sp³-hybridized carbons (Fsp3) is 0.318. The molecule has 2 aromatic carbocycles. The number of benzene rings is 2. The summed E-state index contributed by atoms with van der Waals surface area (Å²) in [6, 6.07) is 12.1. The summed E-state index contributed by atoms with van der Waals surface area (Å²) in [6.45, 7) is 0. The van der Waals surface area contributed by atoms with Crippen LogP contribution in [0.1, 0.15) is 36.6 Å². The molecule has 160 valence electrons. The quantitative estimate of drug-likeness (QED) is 0.575. The SMILES string of the molecule is O=C(NC1(C(=O)Nc2cccc(C(F)(F)F)c2)CC1)C1C[C@@H]1c1nc2ccccc2[nH]1. The van der Waals surface area contributed by atoms with Crippen molar-refractivity contribution in [1.29, 1.82) is 0 Å². The Kier molecular flexibility index (Phi) is 4.32. The Morgan fingerprint density at radius 3 is 2.58 bits per heavy atom. The zero-order valence-electron chi connectivity index (χ0n) is 16.3. The highest BCUT2D eigenvalue weighted by Crippen LogP contribution is 2.48. The van der Waals surface area contributed by atoms with Crippen molar-refractivity contribution in [2.24, 2.45) is 5.92 Å². The monoisotopic (exact) mass is 428 g/mol. The van der Waals surface area contributed by atoms with Crippen LogP contribution in [0.25, 0.3) is 11.0 Å². The van der Waals surface area contributed by atoms with Crippen molar-refractivity contribution in [2.75, 3.05) is 5.32 Å². The maximum atomic E-state index is 12.9. The molecule has 31 heavy (non-hydrogen) atoms. The van der Waals surface area contributed by atoms with Crippen LogP contribution >= 0.6 is 0 Å². The Hall–Kier alpha value is -3.36. The van der Waals surface area contributed by atoms with Gasteiger partial charge in [0, 0.05) is 17.5 Å². The molecule has 3 aromatic rings. The van der Waals surface area contributed by atoms with Gasteiger partial charge in [-0.15, -0.1) is 0 Å². The number of halogens is 3. The van der Waals surface area contributed by atoms with Crippen molar-refractivity contribution >= 4 is 28.5 Å². The second kappa shape index (κ2) is 6.83. The molecule has 2 aliphatic rings. The molecule has 2 atom stereocenters. The van der Waals surface area contributed by atoms with Crippen LogP contribution < -0.4 is 10.6 Å². The van der Waals surface area contributed by atoms with Gasteiger partial charge >= 0.3 is 6.18 Å². The molecule has 9 heteroatoms. The Balaban J connectivity index is 1.23. The van der Waals surface area contributed by atoms with Crippen LogP contribution in [0.4, 0.5) is 18.9 Å². The number of carbonyl (C=O) groups excluding carboxylic acids is 2. The summed E-state index contributed by atoms with van der Waals surface area (Å²) >= 11 is 0. The highest BCUT2D eigenvalue weighted by Gasteiger charge is 2.55. The number of hydrogen-bond donors (Lipinski definition) is 3. The number of rotatable bonds is 5. The lowest BCUT2D eigenvalue weighted by Gasteiger charge is -2.18. The summed E-state index contributed by atoms with van der Waals surface area (Å²) in [7, 11) is 0. The molecule has 0 saturated heterocycles. The Morgan fingerprint density at radius 1 is 1.10 bits per heavy atom. The first kappa shape index (κ1) is 19.6. The number of amides is 2. The molecular formula is C22H19F3N4O2. The van der Waals surface area contributed by atoms with Gasteiger partial charge in [-0.25, -0.2) is 4.98 Å². The summed E-state index contributed by atoms with van der Waals surface area (Å²) in [6.07, 6.45) is -2.96. The first-order valence-electron chi connectivity index (χ1n) is 10.0. The van der Waals surface area contributed by atoms with Crippen molar-refractivity contribution in [1.82, 2.24) is 15.3 Å². The normalized spacial score (nSPS) is 21.5. The minimum absolute atomic E-state index is 0.0327. The third-order valence-electron chi connectivity index (χ3n) is 5.88. The number of nitrogens with one attached hydrogen (secondary N) is 3. The lowest BCUT2D eigenvalue weighted by atomic mass is 10.1. The molecule has 2 amide bonds. The van der Waals surface area contributed by atoms with Crippen LogP contribution in [0.2, 0.25) is 0 Å². The molecule has 3 N–H and O–H groups in total. The van der Waals surface area contributed by atoms with Crippen LogP contribution in [0.3, 0.4) is 0 Å². The number of imidazole rings is 1. The molecule has 1 heterocycles. The number of carbonyl (C=O) groups is 2. The van der Waals surface area contributed by atoms with Gasteiger partial charge in [-0.2, -0.15) is 13.2 Å². The van der Waals surface area contributed by atoms with E-state index in [2.05, 4.69) is 20.6 Å². The van der Waals surface area contributed by atoms with Gasteiger partial charge < -0.3 is 15.6 Å². The van der Waals surface area contributed by atoms with Gasteiger partial charge in [0.1, 0.15) is 11.4 Å². The average molecular weight is 428 g/mol. The number of H-pyrrole nitrogens is 1. The van der Waals surface area contributed by atoms with Crippen molar-refractivity contribution < 1.29 is 22.8 Å². The molecule has 5 rings (SSSR count).